The Hall–Kier alpha value is -0.940. The first-order chi connectivity index (χ1) is 10.9. The van der Waals surface area contributed by atoms with E-state index >= 15 is 0 Å². The fraction of sp³-hybridized carbons (Fsp3) is 0.778. The highest BCUT2D eigenvalue weighted by Crippen LogP contribution is 2.53. The summed E-state index contributed by atoms with van der Waals surface area (Å²) in [5.41, 5.74) is 1.16. The minimum absolute atomic E-state index is 0.227. The number of hydrogen-bond donors (Lipinski definition) is 0. The number of nitrogens with zero attached hydrogens (tertiary/aromatic N) is 3. The molecule has 0 aromatic carbocycles. The zero-order valence-electron chi connectivity index (χ0n) is 14.6. The summed E-state index contributed by atoms with van der Waals surface area (Å²) in [6, 6.07) is 1.56. The van der Waals surface area contributed by atoms with Gasteiger partial charge < -0.3 is 4.90 Å². The molecule has 3 aliphatic rings. The lowest BCUT2D eigenvalue weighted by Crippen LogP contribution is -2.55. The van der Waals surface area contributed by atoms with Gasteiger partial charge in [0.05, 0.1) is 10.7 Å². The van der Waals surface area contributed by atoms with Crippen molar-refractivity contribution in [2.75, 3.05) is 13.6 Å². The number of likely N-dealkylation sites (N-methyl/N-ethyl adjacent to an activating group) is 1. The third kappa shape index (κ3) is 2.19. The normalized spacial score (nSPS) is 37.0. The van der Waals surface area contributed by atoms with Crippen LogP contribution >= 0.6 is 11.3 Å². The van der Waals surface area contributed by atoms with Gasteiger partial charge in [0.1, 0.15) is 4.88 Å². The number of aryl methyl sites for hydroxylation is 2. The second-order valence-electron chi connectivity index (χ2n) is 7.95. The van der Waals surface area contributed by atoms with E-state index in [4.69, 9.17) is 0 Å². The molecule has 5 heteroatoms. The SMILES string of the molecule is Cc1nc(C)c(C(=O)N2C[C@@H]3C[C@@]4(C)[C@H](CCCC[C@@H]24)N3C)s1. The van der Waals surface area contributed by atoms with Crippen LogP contribution in [0, 0.1) is 19.3 Å². The van der Waals surface area contributed by atoms with Crippen LogP contribution in [0.3, 0.4) is 0 Å². The Kier molecular flexibility index (Phi) is 3.58. The highest BCUT2D eigenvalue weighted by atomic mass is 32.1. The Bertz CT molecular complexity index is 642. The fourth-order valence-electron chi connectivity index (χ4n) is 5.55. The van der Waals surface area contributed by atoms with E-state index in [0.717, 1.165) is 28.5 Å². The number of amides is 1. The lowest BCUT2D eigenvalue weighted by atomic mass is 9.71. The van der Waals surface area contributed by atoms with Gasteiger partial charge in [-0.25, -0.2) is 4.98 Å². The predicted octanol–water partition coefficient (Wildman–Crippen LogP) is 3.24. The summed E-state index contributed by atoms with van der Waals surface area (Å²) in [6.45, 7) is 7.29. The van der Waals surface area contributed by atoms with Gasteiger partial charge in [-0.15, -0.1) is 11.3 Å². The first-order valence-corrected chi connectivity index (χ1v) is 9.70. The maximum atomic E-state index is 13.3. The molecule has 3 heterocycles. The highest BCUT2D eigenvalue weighted by Gasteiger charge is 2.58. The van der Waals surface area contributed by atoms with Crippen LogP contribution in [0.2, 0.25) is 0 Å². The summed E-state index contributed by atoms with van der Waals surface area (Å²) in [5, 5.41) is 0.993. The quantitative estimate of drug-likeness (QED) is 0.792. The third-order valence-corrected chi connectivity index (χ3v) is 7.67. The summed E-state index contributed by atoms with van der Waals surface area (Å²) < 4.78 is 0. The maximum absolute atomic E-state index is 13.3. The number of piperidine rings is 1. The van der Waals surface area contributed by atoms with Crippen molar-refractivity contribution < 1.29 is 4.79 Å². The molecule has 0 spiro atoms. The molecule has 2 bridgehead atoms. The number of hydrogen-bond acceptors (Lipinski definition) is 4. The topological polar surface area (TPSA) is 36.4 Å². The predicted molar refractivity (Wildman–Crippen MR) is 92.9 cm³/mol. The van der Waals surface area contributed by atoms with Crippen LogP contribution in [-0.2, 0) is 0 Å². The van der Waals surface area contributed by atoms with Crippen molar-refractivity contribution in [1.82, 2.24) is 14.8 Å². The van der Waals surface area contributed by atoms with Crippen LogP contribution in [0.4, 0.5) is 0 Å². The van der Waals surface area contributed by atoms with Gasteiger partial charge in [-0.2, -0.15) is 0 Å². The lowest BCUT2D eigenvalue weighted by molar-refractivity contribution is 0.0287. The standard InChI is InChI=1S/C18H27N3OS/c1-11-16(23-12(2)19-11)17(22)21-10-13-9-18(3)14(20(13)4)7-5-6-8-15(18)21/h13-15H,5-10H2,1-4H3/t13-,14-,15+,18-/m0/s1. The van der Waals surface area contributed by atoms with E-state index in [1.165, 1.54) is 25.7 Å². The van der Waals surface area contributed by atoms with Gasteiger partial charge in [0, 0.05) is 30.1 Å². The third-order valence-electron chi connectivity index (χ3n) is 6.61. The molecule has 1 aromatic rings. The van der Waals surface area contributed by atoms with Crippen LogP contribution in [-0.4, -0.2) is 52.4 Å². The number of likely N-dealkylation sites (tertiary alicyclic amines) is 2. The number of carbonyl (C=O) groups is 1. The minimum Gasteiger partial charge on any atom is -0.333 e. The first-order valence-electron chi connectivity index (χ1n) is 8.89. The summed E-state index contributed by atoms with van der Waals surface area (Å²) in [4.78, 5) is 23.4. The molecule has 4 rings (SSSR count). The molecule has 0 radical (unpaired) electrons. The van der Waals surface area contributed by atoms with Crippen molar-refractivity contribution in [3.05, 3.63) is 15.6 Å². The molecule has 2 aliphatic heterocycles. The molecule has 1 aromatic heterocycles. The number of aromatic nitrogens is 1. The zero-order chi connectivity index (χ0) is 16.4. The molecule has 1 saturated carbocycles. The molecule has 1 amide bonds. The maximum Gasteiger partial charge on any atom is 0.266 e. The van der Waals surface area contributed by atoms with Crippen molar-refractivity contribution in [3.63, 3.8) is 0 Å². The van der Waals surface area contributed by atoms with Crippen molar-refractivity contribution in [1.29, 1.82) is 0 Å². The van der Waals surface area contributed by atoms with Crippen LogP contribution in [0.25, 0.3) is 0 Å². The smallest absolute Gasteiger partial charge is 0.266 e. The summed E-state index contributed by atoms with van der Waals surface area (Å²) in [7, 11) is 2.28. The Morgan fingerprint density at radius 3 is 2.61 bits per heavy atom. The van der Waals surface area contributed by atoms with E-state index in [9.17, 15) is 4.79 Å². The molecule has 4 nitrogen and oxygen atoms in total. The Balaban J connectivity index is 1.72. The molecule has 4 atom stereocenters. The van der Waals surface area contributed by atoms with Gasteiger partial charge in [0.15, 0.2) is 0 Å². The van der Waals surface area contributed by atoms with E-state index < -0.39 is 0 Å². The van der Waals surface area contributed by atoms with E-state index in [2.05, 4.69) is 28.8 Å². The van der Waals surface area contributed by atoms with Crippen molar-refractivity contribution in [2.24, 2.45) is 5.41 Å². The van der Waals surface area contributed by atoms with Crippen molar-refractivity contribution in [3.8, 4) is 0 Å². The number of rotatable bonds is 1. The monoisotopic (exact) mass is 333 g/mol. The number of fused-ring (bicyclic) bond motifs is 1. The second-order valence-corrected chi connectivity index (χ2v) is 9.15. The van der Waals surface area contributed by atoms with Gasteiger partial charge in [0.2, 0.25) is 0 Å². The summed E-state index contributed by atoms with van der Waals surface area (Å²) >= 11 is 1.56. The van der Waals surface area contributed by atoms with E-state index in [1.807, 2.05) is 13.8 Å². The number of carbonyl (C=O) groups excluding carboxylic acids is 1. The minimum atomic E-state index is 0.227. The molecule has 2 saturated heterocycles. The molecule has 126 valence electrons. The van der Waals surface area contributed by atoms with Gasteiger partial charge >= 0.3 is 0 Å². The Morgan fingerprint density at radius 2 is 1.96 bits per heavy atom. The van der Waals surface area contributed by atoms with Gasteiger partial charge in [0.25, 0.3) is 5.91 Å². The van der Waals surface area contributed by atoms with Crippen LogP contribution in [0.1, 0.15) is 59.4 Å². The second kappa shape index (κ2) is 5.28. The molecular formula is C18H27N3OS. The Morgan fingerprint density at radius 1 is 1.26 bits per heavy atom. The van der Waals surface area contributed by atoms with Crippen molar-refractivity contribution >= 4 is 17.2 Å². The molecular weight excluding hydrogens is 306 g/mol. The van der Waals surface area contributed by atoms with E-state index in [0.29, 0.717) is 18.1 Å². The molecule has 0 unspecified atom stereocenters. The molecule has 23 heavy (non-hydrogen) atoms. The molecule has 1 aliphatic carbocycles. The van der Waals surface area contributed by atoms with Gasteiger partial charge in [-0.1, -0.05) is 19.8 Å². The molecule has 3 fully saturated rings. The number of thiazole rings is 1. The van der Waals surface area contributed by atoms with Crippen LogP contribution in [0.5, 0.6) is 0 Å². The average molecular weight is 334 g/mol. The largest absolute Gasteiger partial charge is 0.333 e. The van der Waals surface area contributed by atoms with Gasteiger partial charge in [-0.3, -0.25) is 9.69 Å². The first kappa shape index (κ1) is 15.6. The molecule has 0 N–H and O–H groups in total. The summed E-state index contributed by atoms with van der Waals surface area (Å²) in [6.07, 6.45) is 6.26. The van der Waals surface area contributed by atoms with Crippen molar-refractivity contribution in [2.45, 2.75) is 71.0 Å². The average Bonchev–Trinajstić information content (AvgIpc) is 2.85. The van der Waals surface area contributed by atoms with E-state index in [1.54, 1.807) is 11.3 Å². The van der Waals surface area contributed by atoms with Crippen LogP contribution < -0.4 is 0 Å². The zero-order valence-corrected chi connectivity index (χ0v) is 15.4. The van der Waals surface area contributed by atoms with Crippen LogP contribution in [0.15, 0.2) is 0 Å². The Labute approximate surface area is 142 Å². The van der Waals surface area contributed by atoms with Gasteiger partial charge in [-0.05, 0) is 40.2 Å². The highest BCUT2D eigenvalue weighted by molar-refractivity contribution is 7.13. The summed E-state index contributed by atoms with van der Waals surface area (Å²) in [5.74, 6) is 0.227. The van der Waals surface area contributed by atoms with E-state index in [-0.39, 0.29) is 11.3 Å². The lowest BCUT2D eigenvalue weighted by Gasteiger charge is -2.46. The fourth-order valence-corrected chi connectivity index (χ4v) is 6.42.